The maximum Gasteiger partial charge on any atom is 0.248 e. The normalized spacial score (nSPS) is 17.3. The number of carbonyl (C=O) groups is 3. The van der Waals surface area contributed by atoms with Crippen LogP contribution in [0.1, 0.15) is 28.5 Å². The molecule has 3 heterocycles. The molecule has 160 valence electrons. The fraction of sp³-hybridized carbons (Fsp3) is 0.200. The van der Waals surface area contributed by atoms with Crippen molar-refractivity contribution in [2.45, 2.75) is 13.5 Å². The SMILES string of the molecule is CC(=O)N1/C(=C/c2cc(CN3CCOCC3=O)c3ccccc3n2)C(=O)c2ccccc21. The summed E-state index contributed by atoms with van der Waals surface area (Å²) in [5, 5.41) is 0.943. The van der Waals surface area contributed by atoms with E-state index in [1.807, 2.05) is 30.3 Å². The van der Waals surface area contributed by atoms with E-state index in [0.29, 0.717) is 36.6 Å². The van der Waals surface area contributed by atoms with Crippen LogP contribution in [0.5, 0.6) is 0 Å². The number of anilines is 1. The van der Waals surface area contributed by atoms with E-state index < -0.39 is 0 Å². The molecule has 2 amide bonds. The van der Waals surface area contributed by atoms with Crippen molar-refractivity contribution in [1.29, 1.82) is 0 Å². The van der Waals surface area contributed by atoms with Crippen LogP contribution >= 0.6 is 0 Å². The van der Waals surface area contributed by atoms with E-state index in [-0.39, 0.29) is 29.9 Å². The Morgan fingerprint density at radius 3 is 2.72 bits per heavy atom. The highest BCUT2D eigenvalue weighted by Gasteiger charge is 2.34. The Bertz CT molecular complexity index is 1300. The molecule has 0 saturated carbocycles. The Hall–Kier alpha value is -3.84. The summed E-state index contributed by atoms with van der Waals surface area (Å²) in [5.41, 5.74) is 3.59. The third kappa shape index (κ3) is 3.46. The largest absolute Gasteiger partial charge is 0.370 e. The average Bonchev–Trinajstić information content (AvgIpc) is 3.07. The van der Waals surface area contributed by atoms with Crippen LogP contribution in [0.2, 0.25) is 0 Å². The fourth-order valence-corrected chi connectivity index (χ4v) is 4.24. The van der Waals surface area contributed by atoms with E-state index in [1.165, 1.54) is 11.8 Å². The minimum Gasteiger partial charge on any atom is -0.370 e. The molecule has 7 heteroatoms. The third-order valence-corrected chi connectivity index (χ3v) is 5.73. The predicted molar refractivity (Wildman–Crippen MR) is 120 cm³/mol. The topological polar surface area (TPSA) is 79.8 Å². The molecule has 7 nitrogen and oxygen atoms in total. The van der Waals surface area contributed by atoms with Crippen LogP contribution in [0, 0.1) is 0 Å². The number of amides is 2. The summed E-state index contributed by atoms with van der Waals surface area (Å²) in [4.78, 5) is 45.6. The van der Waals surface area contributed by atoms with Gasteiger partial charge in [0.2, 0.25) is 17.6 Å². The Morgan fingerprint density at radius 2 is 1.91 bits per heavy atom. The second-order valence-corrected chi connectivity index (χ2v) is 7.82. The molecule has 5 rings (SSSR count). The molecule has 2 aliphatic heterocycles. The van der Waals surface area contributed by atoms with Crippen molar-refractivity contribution < 1.29 is 19.1 Å². The number of allylic oxidation sites excluding steroid dienone is 1. The minimum absolute atomic E-state index is 0.0544. The molecular formula is C25H21N3O4. The highest BCUT2D eigenvalue weighted by atomic mass is 16.5. The number of rotatable bonds is 3. The van der Waals surface area contributed by atoms with Gasteiger partial charge < -0.3 is 9.64 Å². The summed E-state index contributed by atoms with van der Waals surface area (Å²) >= 11 is 0. The number of benzene rings is 2. The molecule has 0 N–H and O–H groups in total. The lowest BCUT2D eigenvalue weighted by atomic mass is 10.1. The van der Waals surface area contributed by atoms with Crippen LogP contribution in [-0.2, 0) is 20.9 Å². The van der Waals surface area contributed by atoms with E-state index in [2.05, 4.69) is 0 Å². The van der Waals surface area contributed by atoms with E-state index in [4.69, 9.17) is 9.72 Å². The van der Waals surface area contributed by atoms with Crippen LogP contribution < -0.4 is 4.90 Å². The average molecular weight is 427 g/mol. The lowest BCUT2D eigenvalue weighted by molar-refractivity contribution is -0.143. The number of Topliss-reactive ketones (excluding diaryl/α,β-unsaturated/α-hetero) is 1. The van der Waals surface area contributed by atoms with Gasteiger partial charge in [-0.25, -0.2) is 4.98 Å². The molecule has 2 aromatic carbocycles. The maximum atomic E-state index is 13.1. The van der Waals surface area contributed by atoms with Gasteiger partial charge in [0.25, 0.3) is 0 Å². The lowest BCUT2D eigenvalue weighted by Crippen LogP contribution is -2.41. The van der Waals surface area contributed by atoms with Gasteiger partial charge in [0, 0.05) is 31.0 Å². The highest BCUT2D eigenvalue weighted by Crippen LogP contribution is 2.35. The molecule has 0 radical (unpaired) electrons. The van der Waals surface area contributed by atoms with E-state index in [0.717, 1.165) is 16.5 Å². The highest BCUT2D eigenvalue weighted by molar-refractivity contribution is 6.26. The quantitative estimate of drug-likeness (QED) is 0.600. The van der Waals surface area contributed by atoms with E-state index >= 15 is 0 Å². The number of hydrogen-bond donors (Lipinski definition) is 0. The number of para-hydroxylation sites is 2. The van der Waals surface area contributed by atoms with Crippen LogP contribution in [0.3, 0.4) is 0 Å². The van der Waals surface area contributed by atoms with Crippen molar-refractivity contribution in [1.82, 2.24) is 9.88 Å². The van der Waals surface area contributed by atoms with Crippen molar-refractivity contribution >= 4 is 40.3 Å². The lowest BCUT2D eigenvalue weighted by Gasteiger charge is -2.27. The van der Waals surface area contributed by atoms with Crippen LogP contribution in [-0.4, -0.2) is 47.2 Å². The van der Waals surface area contributed by atoms with Gasteiger partial charge in [-0.3, -0.25) is 19.3 Å². The summed E-state index contributed by atoms with van der Waals surface area (Å²) in [7, 11) is 0. The molecular weight excluding hydrogens is 406 g/mol. The number of hydrogen-bond acceptors (Lipinski definition) is 5. The minimum atomic E-state index is -0.241. The van der Waals surface area contributed by atoms with Crippen molar-refractivity contribution in [3.05, 3.63) is 77.1 Å². The summed E-state index contributed by atoms with van der Waals surface area (Å²) in [5.74, 6) is -0.508. The number of carbonyl (C=O) groups excluding carboxylic acids is 3. The molecule has 1 fully saturated rings. The van der Waals surface area contributed by atoms with Crippen LogP contribution in [0.15, 0.2) is 60.3 Å². The maximum absolute atomic E-state index is 13.1. The Kier molecular flexibility index (Phi) is 5.03. The monoisotopic (exact) mass is 427 g/mol. The van der Waals surface area contributed by atoms with Gasteiger partial charge >= 0.3 is 0 Å². The number of aromatic nitrogens is 1. The Labute approximate surface area is 184 Å². The molecule has 1 aromatic heterocycles. The zero-order valence-corrected chi connectivity index (χ0v) is 17.6. The number of ether oxygens (including phenoxy) is 1. The van der Waals surface area contributed by atoms with Crippen molar-refractivity contribution in [2.24, 2.45) is 0 Å². The number of nitrogens with zero attached hydrogens (tertiary/aromatic N) is 3. The molecule has 0 aliphatic carbocycles. The van der Waals surface area contributed by atoms with Crippen LogP contribution in [0.25, 0.3) is 17.0 Å². The number of morpholine rings is 1. The first-order valence-corrected chi connectivity index (χ1v) is 10.4. The number of fused-ring (bicyclic) bond motifs is 2. The molecule has 0 unspecified atom stereocenters. The van der Waals surface area contributed by atoms with Crippen molar-refractivity contribution in [3.8, 4) is 0 Å². The van der Waals surface area contributed by atoms with E-state index in [9.17, 15) is 14.4 Å². The molecule has 0 spiro atoms. The van der Waals surface area contributed by atoms with Gasteiger partial charge in [0.1, 0.15) is 6.61 Å². The van der Waals surface area contributed by atoms with Gasteiger partial charge in [-0.1, -0.05) is 30.3 Å². The van der Waals surface area contributed by atoms with Crippen molar-refractivity contribution in [3.63, 3.8) is 0 Å². The second kappa shape index (κ2) is 8.01. The van der Waals surface area contributed by atoms with Gasteiger partial charge in [-0.2, -0.15) is 0 Å². The first-order valence-electron chi connectivity index (χ1n) is 10.4. The summed E-state index contributed by atoms with van der Waals surface area (Å²) in [6.07, 6.45) is 1.65. The first-order chi connectivity index (χ1) is 15.5. The van der Waals surface area contributed by atoms with Gasteiger partial charge in [0.15, 0.2) is 0 Å². The Balaban J connectivity index is 1.60. The number of pyridine rings is 1. The molecule has 1 saturated heterocycles. The molecule has 3 aromatic rings. The molecule has 0 atom stereocenters. The zero-order valence-electron chi connectivity index (χ0n) is 17.6. The predicted octanol–water partition coefficient (Wildman–Crippen LogP) is 3.18. The Morgan fingerprint density at radius 1 is 1.12 bits per heavy atom. The summed E-state index contributed by atoms with van der Waals surface area (Å²) < 4.78 is 5.24. The molecule has 2 aliphatic rings. The zero-order chi connectivity index (χ0) is 22.2. The molecule has 32 heavy (non-hydrogen) atoms. The van der Waals surface area contributed by atoms with E-state index in [1.54, 1.807) is 35.2 Å². The summed E-state index contributed by atoms with van der Waals surface area (Å²) in [6, 6.07) is 16.6. The van der Waals surface area contributed by atoms with Crippen LogP contribution in [0.4, 0.5) is 5.69 Å². The first kappa shape index (κ1) is 20.1. The summed E-state index contributed by atoms with van der Waals surface area (Å²) in [6.45, 7) is 2.97. The fourth-order valence-electron chi connectivity index (χ4n) is 4.24. The smallest absolute Gasteiger partial charge is 0.248 e. The standard InChI is InChI=1S/C25H21N3O4/c1-16(29)28-22-9-5-3-7-20(22)25(31)23(28)13-18-12-17(14-27-10-11-32-15-24(27)30)19-6-2-4-8-21(19)26-18/h2-9,12-13H,10-11,14-15H2,1H3/b23-13+. The number of ketones is 1. The molecule has 0 bridgehead atoms. The van der Waals surface area contributed by atoms with Gasteiger partial charge in [0.05, 0.1) is 29.2 Å². The van der Waals surface area contributed by atoms with Crippen molar-refractivity contribution in [2.75, 3.05) is 24.7 Å². The third-order valence-electron chi connectivity index (χ3n) is 5.73. The van der Waals surface area contributed by atoms with Gasteiger partial charge in [-0.05, 0) is 35.9 Å². The van der Waals surface area contributed by atoms with Gasteiger partial charge in [-0.15, -0.1) is 0 Å². The second-order valence-electron chi connectivity index (χ2n) is 7.82.